The van der Waals surface area contributed by atoms with E-state index in [2.05, 4.69) is 10.6 Å². The number of carboxylic acids is 1. The van der Waals surface area contributed by atoms with Crippen LogP contribution >= 0.6 is 0 Å². The molecular formula is C16H24N2O3. The molecule has 21 heavy (non-hydrogen) atoms. The third-order valence-corrected chi connectivity index (χ3v) is 6.17. The van der Waals surface area contributed by atoms with Crippen LogP contribution in [0.2, 0.25) is 0 Å². The lowest BCUT2D eigenvalue weighted by molar-refractivity contribution is -0.139. The van der Waals surface area contributed by atoms with Gasteiger partial charge in [0.15, 0.2) is 0 Å². The molecule has 0 radical (unpaired) electrons. The van der Waals surface area contributed by atoms with Gasteiger partial charge in [-0.3, -0.25) is 0 Å². The minimum Gasteiger partial charge on any atom is -0.480 e. The molecular weight excluding hydrogens is 268 g/mol. The molecule has 116 valence electrons. The number of carboxylic acid groups (broad SMARTS) is 1. The number of hydrogen-bond acceptors (Lipinski definition) is 2. The van der Waals surface area contributed by atoms with Gasteiger partial charge in [0.2, 0.25) is 0 Å². The van der Waals surface area contributed by atoms with E-state index < -0.39 is 12.0 Å². The van der Waals surface area contributed by atoms with Gasteiger partial charge in [0.05, 0.1) is 0 Å². The standard InChI is InChI=1S/C16H24N2O3/c19-15(20)14(10-1-2-10)18-16(21)17-13-11-4-8-3-9(6-11)7-12(13)5-8/h8-14H,1-7H2,(H,19,20)(H2,17,18,21)/t8?,9?,11?,12?,13?,14-/m0/s1. The average molecular weight is 292 g/mol. The van der Waals surface area contributed by atoms with Gasteiger partial charge in [-0.1, -0.05) is 0 Å². The summed E-state index contributed by atoms with van der Waals surface area (Å²) >= 11 is 0. The lowest BCUT2D eigenvalue weighted by Gasteiger charge is -2.54. The van der Waals surface area contributed by atoms with Crippen LogP contribution in [0.3, 0.4) is 0 Å². The molecule has 0 heterocycles. The summed E-state index contributed by atoms with van der Waals surface area (Å²) in [6.45, 7) is 0. The number of rotatable bonds is 4. The predicted molar refractivity (Wildman–Crippen MR) is 76.6 cm³/mol. The molecule has 4 bridgehead atoms. The average Bonchev–Trinajstić information content (AvgIpc) is 3.23. The number of urea groups is 1. The fraction of sp³-hybridized carbons (Fsp3) is 0.875. The zero-order valence-electron chi connectivity index (χ0n) is 12.3. The van der Waals surface area contributed by atoms with Gasteiger partial charge in [0, 0.05) is 6.04 Å². The van der Waals surface area contributed by atoms with Gasteiger partial charge in [-0.2, -0.15) is 0 Å². The van der Waals surface area contributed by atoms with Crippen LogP contribution in [0.4, 0.5) is 4.79 Å². The van der Waals surface area contributed by atoms with E-state index in [9.17, 15) is 14.7 Å². The number of carbonyl (C=O) groups is 2. The van der Waals surface area contributed by atoms with Crippen molar-refractivity contribution in [2.45, 2.75) is 57.0 Å². The van der Waals surface area contributed by atoms with Gasteiger partial charge in [-0.05, 0) is 74.5 Å². The molecule has 0 aromatic carbocycles. The number of carbonyl (C=O) groups excluding carboxylic acids is 1. The lowest BCUT2D eigenvalue weighted by atomic mass is 9.54. The topological polar surface area (TPSA) is 78.4 Å². The Kier molecular flexibility index (Phi) is 3.12. The zero-order chi connectivity index (χ0) is 14.6. The Morgan fingerprint density at radius 1 is 0.952 bits per heavy atom. The summed E-state index contributed by atoms with van der Waals surface area (Å²) in [4.78, 5) is 23.4. The van der Waals surface area contributed by atoms with E-state index >= 15 is 0 Å². The Hall–Kier alpha value is -1.26. The normalized spacial score (nSPS) is 41.6. The summed E-state index contributed by atoms with van der Waals surface area (Å²) in [5, 5.41) is 15.0. The molecule has 1 atom stereocenters. The summed E-state index contributed by atoms with van der Waals surface area (Å²) < 4.78 is 0. The molecule has 5 nitrogen and oxygen atoms in total. The van der Waals surface area contributed by atoms with Crippen molar-refractivity contribution < 1.29 is 14.7 Å². The smallest absolute Gasteiger partial charge is 0.326 e. The molecule has 0 aromatic rings. The van der Waals surface area contributed by atoms with E-state index in [1.807, 2.05) is 0 Å². The van der Waals surface area contributed by atoms with Crippen molar-refractivity contribution in [3.8, 4) is 0 Å². The maximum absolute atomic E-state index is 12.2. The molecule has 0 aliphatic heterocycles. The molecule has 2 amide bonds. The molecule has 0 aromatic heterocycles. The highest BCUT2D eigenvalue weighted by Crippen LogP contribution is 2.53. The van der Waals surface area contributed by atoms with Crippen molar-refractivity contribution in [1.29, 1.82) is 0 Å². The molecule has 3 N–H and O–H groups in total. The molecule has 0 unspecified atom stereocenters. The quantitative estimate of drug-likeness (QED) is 0.741. The fourth-order valence-electron chi connectivity index (χ4n) is 5.31. The summed E-state index contributed by atoms with van der Waals surface area (Å²) in [5.41, 5.74) is 0. The van der Waals surface area contributed by atoms with E-state index in [0.29, 0.717) is 11.8 Å². The van der Waals surface area contributed by atoms with Crippen LogP contribution in [-0.4, -0.2) is 29.2 Å². The van der Waals surface area contributed by atoms with Gasteiger partial charge in [-0.15, -0.1) is 0 Å². The molecule has 0 spiro atoms. The first kappa shape index (κ1) is 13.4. The second-order valence-corrected chi connectivity index (χ2v) is 7.73. The minimum atomic E-state index is -0.905. The molecule has 0 saturated heterocycles. The van der Waals surface area contributed by atoms with Gasteiger partial charge in [0.25, 0.3) is 0 Å². The zero-order valence-corrected chi connectivity index (χ0v) is 12.3. The van der Waals surface area contributed by atoms with Gasteiger partial charge < -0.3 is 15.7 Å². The van der Waals surface area contributed by atoms with Crippen molar-refractivity contribution in [1.82, 2.24) is 10.6 Å². The van der Waals surface area contributed by atoms with Gasteiger partial charge >= 0.3 is 12.0 Å². The van der Waals surface area contributed by atoms with Crippen LogP contribution < -0.4 is 10.6 Å². The van der Waals surface area contributed by atoms with Crippen LogP contribution in [0.1, 0.15) is 44.9 Å². The summed E-state index contributed by atoms with van der Waals surface area (Å²) in [6, 6.07) is -0.708. The maximum atomic E-state index is 12.2. The van der Waals surface area contributed by atoms with Crippen LogP contribution in [-0.2, 0) is 4.79 Å². The van der Waals surface area contributed by atoms with Crippen LogP contribution in [0, 0.1) is 29.6 Å². The van der Waals surface area contributed by atoms with E-state index in [0.717, 1.165) is 24.7 Å². The molecule has 5 rings (SSSR count). The second kappa shape index (κ2) is 4.89. The Bertz CT molecular complexity index is 432. The van der Waals surface area contributed by atoms with Crippen LogP contribution in [0.15, 0.2) is 0 Å². The number of nitrogens with one attached hydrogen (secondary N) is 2. The number of aliphatic carboxylic acids is 1. The summed E-state index contributed by atoms with van der Waals surface area (Å²) in [6.07, 6.45) is 8.23. The molecule has 5 aliphatic rings. The van der Waals surface area contributed by atoms with Crippen molar-refractivity contribution in [3.05, 3.63) is 0 Å². The van der Waals surface area contributed by atoms with E-state index in [1.165, 1.54) is 32.1 Å². The highest BCUT2D eigenvalue weighted by atomic mass is 16.4. The van der Waals surface area contributed by atoms with E-state index in [4.69, 9.17) is 0 Å². The Balaban J connectivity index is 1.37. The Morgan fingerprint density at radius 2 is 1.52 bits per heavy atom. The SMILES string of the molecule is O=C(NC1C2CC3CC(C2)CC1C3)N[C@H](C(=O)O)C1CC1. The third-order valence-electron chi connectivity index (χ3n) is 6.17. The predicted octanol–water partition coefficient (Wildman–Crippen LogP) is 1.97. The van der Waals surface area contributed by atoms with Gasteiger partial charge in [0.1, 0.15) is 6.04 Å². The minimum absolute atomic E-state index is 0.131. The number of hydrogen-bond donors (Lipinski definition) is 3. The van der Waals surface area contributed by atoms with E-state index in [1.54, 1.807) is 0 Å². The first-order valence-corrected chi connectivity index (χ1v) is 8.40. The summed E-state index contributed by atoms with van der Waals surface area (Å²) in [7, 11) is 0. The first-order chi connectivity index (χ1) is 10.1. The third kappa shape index (κ3) is 2.51. The van der Waals surface area contributed by atoms with Crippen LogP contribution in [0.5, 0.6) is 0 Å². The molecule has 5 fully saturated rings. The second-order valence-electron chi connectivity index (χ2n) is 7.73. The first-order valence-electron chi connectivity index (χ1n) is 8.40. The van der Waals surface area contributed by atoms with Crippen molar-refractivity contribution in [3.63, 3.8) is 0 Å². The lowest BCUT2D eigenvalue weighted by Crippen LogP contribution is -2.59. The largest absolute Gasteiger partial charge is 0.480 e. The van der Waals surface area contributed by atoms with Crippen molar-refractivity contribution in [2.24, 2.45) is 29.6 Å². The highest BCUT2D eigenvalue weighted by molar-refractivity contribution is 5.83. The summed E-state index contributed by atoms with van der Waals surface area (Å²) in [5.74, 6) is 2.23. The molecule has 5 heteroatoms. The van der Waals surface area contributed by atoms with Crippen LogP contribution in [0.25, 0.3) is 0 Å². The van der Waals surface area contributed by atoms with Crippen molar-refractivity contribution in [2.75, 3.05) is 0 Å². The maximum Gasteiger partial charge on any atom is 0.326 e. The fourth-order valence-corrected chi connectivity index (χ4v) is 5.31. The van der Waals surface area contributed by atoms with E-state index in [-0.39, 0.29) is 18.0 Å². The Morgan fingerprint density at radius 3 is 2.00 bits per heavy atom. The highest BCUT2D eigenvalue weighted by Gasteiger charge is 2.49. The molecule has 5 aliphatic carbocycles. The van der Waals surface area contributed by atoms with Crippen molar-refractivity contribution >= 4 is 12.0 Å². The molecule has 5 saturated carbocycles. The Labute approximate surface area is 124 Å². The monoisotopic (exact) mass is 292 g/mol. The van der Waals surface area contributed by atoms with Gasteiger partial charge in [-0.25, -0.2) is 9.59 Å². The number of amides is 2.